The maximum atomic E-state index is 12.3. The van der Waals surface area contributed by atoms with Crippen LogP contribution in [0.2, 0.25) is 0 Å². The predicted molar refractivity (Wildman–Crippen MR) is 95.7 cm³/mol. The third-order valence-electron chi connectivity index (χ3n) is 3.47. The van der Waals surface area contributed by atoms with Crippen molar-refractivity contribution in [3.05, 3.63) is 37.2 Å². The summed E-state index contributed by atoms with van der Waals surface area (Å²) >= 11 is 0. The van der Waals surface area contributed by atoms with Crippen LogP contribution in [0.25, 0.3) is 5.82 Å². The number of methoxy groups -OCH3 is 3. The lowest BCUT2D eigenvalue weighted by molar-refractivity contribution is 0.262. The number of carbonyl (C=O) groups excluding carboxylic acids is 1. The molecule has 27 heavy (non-hydrogen) atoms. The van der Waals surface area contributed by atoms with E-state index in [9.17, 15) is 4.79 Å². The number of aromatic nitrogens is 5. The molecule has 0 spiro atoms. The van der Waals surface area contributed by atoms with Gasteiger partial charge in [0.15, 0.2) is 17.3 Å². The highest BCUT2D eigenvalue weighted by Gasteiger charge is 2.15. The average molecular weight is 371 g/mol. The lowest BCUT2D eigenvalue weighted by Crippen LogP contribution is -2.20. The van der Waals surface area contributed by atoms with E-state index in [1.54, 1.807) is 18.2 Å². The fourth-order valence-corrected chi connectivity index (χ4v) is 2.30. The molecule has 2 amide bonds. The molecule has 0 aliphatic carbocycles. The first-order valence-electron chi connectivity index (χ1n) is 7.69. The summed E-state index contributed by atoms with van der Waals surface area (Å²) < 4.78 is 17.2. The molecular formula is C16H17N7O4. The molecule has 0 saturated heterocycles. The van der Waals surface area contributed by atoms with Crippen molar-refractivity contribution in [1.29, 1.82) is 0 Å². The summed E-state index contributed by atoms with van der Waals surface area (Å²) in [6.07, 6.45) is 4.18. The van der Waals surface area contributed by atoms with Crippen molar-refractivity contribution < 1.29 is 19.0 Å². The summed E-state index contributed by atoms with van der Waals surface area (Å²) in [5, 5.41) is 9.28. The van der Waals surface area contributed by atoms with Gasteiger partial charge < -0.3 is 19.5 Å². The smallest absolute Gasteiger partial charge is 0.324 e. The van der Waals surface area contributed by atoms with Gasteiger partial charge in [0.25, 0.3) is 0 Å². The number of carbonyl (C=O) groups is 1. The molecule has 0 fully saturated rings. The predicted octanol–water partition coefficient (Wildman–Crippen LogP) is 1.73. The van der Waals surface area contributed by atoms with Gasteiger partial charge in [0.2, 0.25) is 5.75 Å². The van der Waals surface area contributed by atoms with Crippen molar-refractivity contribution in [3.8, 4) is 23.1 Å². The topological polar surface area (TPSA) is 125 Å². The van der Waals surface area contributed by atoms with Gasteiger partial charge in [-0.25, -0.2) is 24.4 Å². The highest BCUT2D eigenvalue weighted by molar-refractivity contribution is 5.99. The summed E-state index contributed by atoms with van der Waals surface area (Å²) in [7, 11) is 4.49. The summed E-state index contributed by atoms with van der Waals surface area (Å²) in [6.45, 7) is 0. The molecule has 11 nitrogen and oxygen atoms in total. The molecule has 3 rings (SSSR count). The lowest BCUT2D eigenvalue weighted by Gasteiger charge is -2.14. The molecule has 0 atom stereocenters. The molecule has 2 aromatic heterocycles. The first-order valence-corrected chi connectivity index (χ1v) is 7.69. The summed E-state index contributed by atoms with van der Waals surface area (Å²) in [4.78, 5) is 24.2. The standard InChI is InChI=1S/C16H17N7O4/c1-25-11-4-10(5-12(26-2)15(11)27-3)21-16(24)22-13-6-14(19-8-18-13)23-9-17-7-20-23/h4-9H,1-3H3,(H2,18,19,21,22,24). The normalized spacial score (nSPS) is 10.2. The zero-order valence-corrected chi connectivity index (χ0v) is 14.8. The van der Waals surface area contributed by atoms with Crippen molar-refractivity contribution in [3.63, 3.8) is 0 Å². The zero-order valence-electron chi connectivity index (χ0n) is 14.8. The number of anilines is 2. The van der Waals surface area contributed by atoms with E-state index in [0.717, 1.165) is 0 Å². The van der Waals surface area contributed by atoms with E-state index >= 15 is 0 Å². The first-order chi connectivity index (χ1) is 13.1. The van der Waals surface area contributed by atoms with Gasteiger partial charge in [-0.2, -0.15) is 5.10 Å². The highest BCUT2D eigenvalue weighted by atomic mass is 16.5. The van der Waals surface area contributed by atoms with Gasteiger partial charge in [0.1, 0.15) is 24.8 Å². The fourth-order valence-electron chi connectivity index (χ4n) is 2.30. The minimum absolute atomic E-state index is 0.292. The van der Waals surface area contributed by atoms with Gasteiger partial charge in [0.05, 0.1) is 27.0 Å². The Kier molecular flexibility index (Phi) is 5.30. The molecule has 0 aliphatic rings. The lowest BCUT2D eigenvalue weighted by atomic mass is 10.2. The molecule has 2 heterocycles. The van der Waals surface area contributed by atoms with Crippen molar-refractivity contribution in [1.82, 2.24) is 24.7 Å². The van der Waals surface area contributed by atoms with E-state index in [1.165, 1.54) is 45.0 Å². The third kappa shape index (κ3) is 4.03. The molecule has 140 valence electrons. The summed E-state index contributed by atoms with van der Waals surface area (Å²) in [6, 6.07) is 4.28. The van der Waals surface area contributed by atoms with E-state index < -0.39 is 6.03 Å². The Morgan fingerprint density at radius 1 is 0.963 bits per heavy atom. The number of rotatable bonds is 6. The second kappa shape index (κ2) is 7.99. The first kappa shape index (κ1) is 17.9. The van der Waals surface area contributed by atoms with Crippen LogP contribution in [0.15, 0.2) is 37.2 Å². The molecule has 2 N–H and O–H groups in total. The van der Waals surface area contributed by atoms with E-state index in [0.29, 0.717) is 34.6 Å². The van der Waals surface area contributed by atoms with Crippen molar-refractivity contribution >= 4 is 17.5 Å². The number of hydrogen-bond acceptors (Lipinski definition) is 8. The highest BCUT2D eigenvalue weighted by Crippen LogP contribution is 2.39. The molecule has 0 saturated carbocycles. The maximum absolute atomic E-state index is 12.3. The second-order valence-corrected chi connectivity index (χ2v) is 5.09. The van der Waals surface area contributed by atoms with Gasteiger partial charge in [-0.15, -0.1) is 0 Å². The van der Waals surface area contributed by atoms with Crippen LogP contribution in [0.1, 0.15) is 0 Å². The Morgan fingerprint density at radius 3 is 2.30 bits per heavy atom. The van der Waals surface area contributed by atoms with Crippen LogP contribution in [0.5, 0.6) is 17.2 Å². The Balaban J connectivity index is 1.76. The Bertz CT molecular complexity index is 905. The minimum atomic E-state index is -0.507. The van der Waals surface area contributed by atoms with Gasteiger partial charge >= 0.3 is 6.03 Å². The van der Waals surface area contributed by atoms with Gasteiger partial charge in [-0.3, -0.25) is 5.32 Å². The molecule has 0 unspecified atom stereocenters. The fraction of sp³-hybridized carbons (Fsp3) is 0.188. The minimum Gasteiger partial charge on any atom is -0.493 e. The summed E-state index contributed by atoms with van der Waals surface area (Å²) in [5.74, 6) is 2.02. The largest absolute Gasteiger partial charge is 0.493 e. The van der Waals surface area contributed by atoms with Crippen LogP contribution in [-0.4, -0.2) is 52.1 Å². The van der Waals surface area contributed by atoms with Crippen LogP contribution in [-0.2, 0) is 0 Å². The number of nitrogens with zero attached hydrogens (tertiary/aromatic N) is 5. The van der Waals surface area contributed by atoms with Gasteiger partial charge in [-0.05, 0) is 0 Å². The number of ether oxygens (including phenoxy) is 3. The van der Waals surface area contributed by atoms with Gasteiger partial charge in [-0.1, -0.05) is 0 Å². The van der Waals surface area contributed by atoms with E-state index in [2.05, 4.69) is 30.7 Å². The van der Waals surface area contributed by atoms with E-state index in [-0.39, 0.29) is 0 Å². The van der Waals surface area contributed by atoms with Crippen molar-refractivity contribution in [2.24, 2.45) is 0 Å². The Morgan fingerprint density at radius 2 is 1.70 bits per heavy atom. The maximum Gasteiger partial charge on any atom is 0.324 e. The van der Waals surface area contributed by atoms with Crippen molar-refractivity contribution in [2.75, 3.05) is 32.0 Å². The summed E-state index contributed by atoms with van der Waals surface area (Å²) in [5.41, 5.74) is 0.451. The second-order valence-electron chi connectivity index (χ2n) is 5.09. The van der Waals surface area contributed by atoms with Crippen LogP contribution in [0.3, 0.4) is 0 Å². The van der Waals surface area contributed by atoms with Crippen LogP contribution < -0.4 is 24.8 Å². The van der Waals surface area contributed by atoms with Gasteiger partial charge in [0, 0.05) is 18.2 Å². The number of nitrogens with one attached hydrogen (secondary N) is 2. The van der Waals surface area contributed by atoms with Crippen LogP contribution >= 0.6 is 0 Å². The molecule has 1 aromatic carbocycles. The van der Waals surface area contributed by atoms with Crippen molar-refractivity contribution in [2.45, 2.75) is 0 Å². The van der Waals surface area contributed by atoms with E-state index in [1.807, 2.05) is 0 Å². The quantitative estimate of drug-likeness (QED) is 0.671. The molecular weight excluding hydrogens is 354 g/mol. The number of amides is 2. The van der Waals surface area contributed by atoms with E-state index in [4.69, 9.17) is 14.2 Å². The molecule has 0 aliphatic heterocycles. The monoisotopic (exact) mass is 371 g/mol. The number of benzene rings is 1. The Labute approximate surface area is 154 Å². The number of urea groups is 1. The molecule has 0 bridgehead atoms. The number of hydrogen-bond donors (Lipinski definition) is 2. The molecule has 3 aromatic rings. The van der Waals surface area contributed by atoms with Crippen LogP contribution in [0, 0.1) is 0 Å². The third-order valence-corrected chi connectivity index (χ3v) is 3.47. The molecule has 0 radical (unpaired) electrons. The zero-order chi connectivity index (χ0) is 19.2. The van der Waals surface area contributed by atoms with Crippen LogP contribution in [0.4, 0.5) is 16.3 Å². The average Bonchev–Trinajstić information content (AvgIpc) is 3.22. The molecule has 11 heteroatoms. The SMILES string of the molecule is COc1cc(NC(=O)Nc2cc(-n3cncn3)ncn2)cc(OC)c1OC. The Hall–Kier alpha value is -3.89.